The Kier molecular flexibility index (Phi) is 7.37. The molecule has 4 rings (SSSR count). The Morgan fingerprint density at radius 3 is 2.41 bits per heavy atom. The average molecular weight is 560 g/mol. The van der Waals surface area contributed by atoms with Crippen LogP contribution in [0.15, 0.2) is 75.8 Å². The van der Waals surface area contributed by atoms with E-state index in [1.165, 1.54) is 25.3 Å². The first-order chi connectivity index (χ1) is 17.5. The monoisotopic (exact) mass is 559 g/mol. The molecule has 0 bridgehead atoms. The number of methoxy groups -OCH3 is 1. The molecule has 0 saturated carbocycles. The van der Waals surface area contributed by atoms with E-state index in [4.69, 9.17) is 27.9 Å². The van der Waals surface area contributed by atoms with Gasteiger partial charge in [-0.3, -0.25) is 9.35 Å². The Morgan fingerprint density at radius 1 is 1.00 bits per heavy atom. The second-order valence-corrected chi connectivity index (χ2v) is 10.1. The molecule has 0 spiro atoms. The van der Waals surface area contributed by atoms with Gasteiger partial charge < -0.3 is 15.2 Å². The summed E-state index contributed by atoms with van der Waals surface area (Å²) >= 11 is 12.3. The number of phenols is 1. The molecule has 0 atom stereocenters. The number of aryl methyl sites for hydroxylation is 1. The minimum Gasteiger partial charge on any atom is -0.505 e. The van der Waals surface area contributed by atoms with Crippen LogP contribution in [0.1, 0.15) is 15.9 Å². The molecule has 0 radical (unpaired) electrons. The maximum Gasteiger partial charge on any atom is 0.296 e. The number of carbonyl (C=O) groups excluding carboxylic acids is 1. The Balaban J connectivity index is 1.85. The lowest BCUT2D eigenvalue weighted by atomic mass is 10.0. The fourth-order valence-corrected chi connectivity index (χ4v) is 4.70. The number of phenolic OH excluding ortho intramolecular Hbond substituents is 1. The molecule has 0 aliphatic heterocycles. The number of carbonyl (C=O) groups is 1. The van der Waals surface area contributed by atoms with Crippen molar-refractivity contribution in [2.75, 3.05) is 12.4 Å². The van der Waals surface area contributed by atoms with Crippen molar-refractivity contribution in [3.05, 3.63) is 81.8 Å². The lowest BCUT2D eigenvalue weighted by Gasteiger charge is -2.12. The summed E-state index contributed by atoms with van der Waals surface area (Å²) in [5.41, 5.74) is 0.271. The molecule has 12 heteroatoms. The van der Waals surface area contributed by atoms with Gasteiger partial charge in [0.1, 0.15) is 22.0 Å². The number of benzene rings is 4. The second-order valence-electron chi connectivity index (χ2n) is 7.89. The number of ether oxygens (including phenoxy) is 1. The first kappa shape index (κ1) is 26.4. The summed E-state index contributed by atoms with van der Waals surface area (Å²) < 4.78 is 38.5. The first-order valence-corrected chi connectivity index (χ1v) is 12.8. The maximum atomic E-state index is 13.1. The van der Waals surface area contributed by atoms with Crippen molar-refractivity contribution < 1.29 is 27.6 Å². The van der Waals surface area contributed by atoms with Crippen LogP contribution in [0.4, 0.5) is 17.1 Å². The lowest BCUT2D eigenvalue weighted by Crippen LogP contribution is -2.12. The van der Waals surface area contributed by atoms with E-state index in [-0.39, 0.29) is 22.0 Å². The Hall–Kier alpha value is -3.70. The SMILES string of the molecule is COc1cc(Cl)cc(NC(=O)c2cc3ccccc3c(N=Nc3c(S(=O)(=O)O)ccc(C)c3Cl)c2O)c1. The number of nitrogens with one attached hydrogen (secondary N) is 1. The van der Waals surface area contributed by atoms with E-state index < -0.39 is 26.7 Å². The van der Waals surface area contributed by atoms with E-state index in [1.807, 2.05) is 0 Å². The van der Waals surface area contributed by atoms with Gasteiger partial charge in [0.2, 0.25) is 0 Å². The number of anilines is 1. The number of halogens is 2. The highest BCUT2D eigenvalue weighted by atomic mass is 35.5. The number of azo groups is 1. The summed E-state index contributed by atoms with van der Waals surface area (Å²) in [7, 11) is -3.23. The van der Waals surface area contributed by atoms with E-state index in [9.17, 15) is 22.9 Å². The van der Waals surface area contributed by atoms with Crippen LogP contribution in [0.2, 0.25) is 10.0 Å². The number of amides is 1. The fourth-order valence-electron chi connectivity index (χ4n) is 3.59. The third kappa shape index (κ3) is 5.52. The average Bonchev–Trinajstić information content (AvgIpc) is 2.84. The quantitative estimate of drug-likeness (QED) is 0.170. The van der Waals surface area contributed by atoms with Crippen molar-refractivity contribution in [3.8, 4) is 11.5 Å². The van der Waals surface area contributed by atoms with Crippen LogP contribution in [0.3, 0.4) is 0 Å². The standard InChI is InChI=1S/C25H19Cl2N3O6S/c1-13-7-8-20(37(33,34)35)23(21(13)27)30-29-22-18-6-4-3-5-14(18)9-19(24(22)31)25(32)28-16-10-15(26)11-17(12-16)36-2/h3-12,31H,1-2H3,(H,28,32)(H,33,34,35). The minimum absolute atomic E-state index is 0.0496. The van der Waals surface area contributed by atoms with E-state index >= 15 is 0 Å². The van der Waals surface area contributed by atoms with Crippen LogP contribution in [-0.2, 0) is 10.1 Å². The third-order valence-electron chi connectivity index (χ3n) is 5.40. The molecule has 0 aliphatic rings. The molecular weight excluding hydrogens is 541 g/mol. The zero-order valence-corrected chi connectivity index (χ0v) is 21.7. The van der Waals surface area contributed by atoms with Gasteiger partial charge >= 0.3 is 0 Å². The highest BCUT2D eigenvalue weighted by Gasteiger charge is 2.22. The van der Waals surface area contributed by atoms with Gasteiger partial charge in [-0.25, -0.2) is 0 Å². The largest absolute Gasteiger partial charge is 0.505 e. The van der Waals surface area contributed by atoms with Gasteiger partial charge in [0.15, 0.2) is 5.75 Å². The summed E-state index contributed by atoms with van der Waals surface area (Å²) in [6.45, 7) is 1.62. The summed E-state index contributed by atoms with van der Waals surface area (Å²) in [6.07, 6.45) is 0. The molecule has 3 N–H and O–H groups in total. The molecule has 0 aliphatic carbocycles. The van der Waals surface area contributed by atoms with Gasteiger partial charge in [-0.2, -0.15) is 8.42 Å². The number of hydrogen-bond donors (Lipinski definition) is 3. The van der Waals surface area contributed by atoms with Gasteiger partial charge in [0.25, 0.3) is 16.0 Å². The molecule has 4 aromatic rings. The smallest absolute Gasteiger partial charge is 0.296 e. The molecular formula is C25H19Cl2N3O6S. The maximum absolute atomic E-state index is 13.1. The van der Waals surface area contributed by atoms with Gasteiger partial charge in [0, 0.05) is 22.2 Å². The van der Waals surface area contributed by atoms with Crippen LogP contribution >= 0.6 is 23.2 Å². The number of nitrogens with zero attached hydrogens (tertiary/aromatic N) is 2. The third-order valence-corrected chi connectivity index (χ3v) is 6.99. The predicted molar refractivity (Wildman–Crippen MR) is 142 cm³/mol. The van der Waals surface area contributed by atoms with Gasteiger partial charge in [0.05, 0.1) is 17.7 Å². The van der Waals surface area contributed by atoms with Gasteiger partial charge in [-0.15, -0.1) is 10.2 Å². The minimum atomic E-state index is -4.68. The normalized spacial score (nSPS) is 11.7. The Labute approximate surface area is 222 Å². The second kappa shape index (κ2) is 10.3. The number of aromatic hydroxyl groups is 1. The zero-order chi connectivity index (χ0) is 26.9. The highest BCUT2D eigenvalue weighted by Crippen LogP contribution is 2.42. The van der Waals surface area contributed by atoms with E-state index in [0.29, 0.717) is 32.8 Å². The van der Waals surface area contributed by atoms with Crippen LogP contribution < -0.4 is 10.1 Å². The van der Waals surface area contributed by atoms with Crippen molar-refractivity contribution in [2.45, 2.75) is 11.8 Å². The number of fused-ring (bicyclic) bond motifs is 1. The van der Waals surface area contributed by atoms with Gasteiger partial charge in [-0.05, 0) is 42.1 Å². The summed E-state index contributed by atoms with van der Waals surface area (Å²) in [5.74, 6) is -0.757. The Bertz CT molecular complexity index is 1690. The molecule has 1 amide bonds. The molecule has 0 aromatic heterocycles. The van der Waals surface area contributed by atoms with Crippen LogP contribution in [0.25, 0.3) is 10.8 Å². The molecule has 0 fully saturated rings. The highest BCUT2D eigenvalue weighted by molar-refractivity contribution is 7.86. The fraction of sp³-hybridized carbons (Fsp3) is 0.0800. The summed E-state index contributed by atoms with van der Waals surface area (Å²) in [5, 5.41) is 23.0. The van der Waals surface area contributed by atoms with Crippen LogP contribution in [-0.4, -0.2) is 31.1 Å². The topological polar surface area (TPSA) is 138 Å². The first-order valence-electron chi connectivity index (χ1n) is 10.6. The van der Waals surface area contributed by atoms with Crippen LogP contribution in [0.5, 0.6) is 11.5 Å². The van der Waals surface area contributed by atoms with Crippen LogP contribution in [0, 0.1) is 6.92 Å². The van der Waals surface area contributed by atoms with E-state index in [0.717, 1.165) is 6.07 Å². The van der Waals surface area contributed by atoms with E-state index in [1.54, 1.807) is 43.3 Å². The summed E-state index contributed by atoms with van der Waals surface area (Å²) in [4.78, 5) is 12.6. The molecule has 190 valence electrons. The molecule has 9 nitrogen and oxygen atoms in total. The van der Waals surface area contributed by atoms with Crippen molar-refractivity contribution >= 4 is 67.1 Å². The molecule has 37 heavy (non-hydrogen) atoms. The number of rotatable bonds is 6. The van der Waals surface area contributed by atoms with E-state index in [2.05, 4.69) is 15.5 Å². The molecule has 0 heterocycles. The molecule has 0 saturated heterocycles. The van der Waals surface area contributed by atoms with Crippen molar-refractivity contribution in [3.63, 3.8) is 0 Å². The predicted octanol–water partition coefficient (Wildman–Crippen LogP) is 7.08. The van der Waals surface area contributed by atoms with Gasteiger partial charge in [-0.1, -0.05) is 53.5 Å². The van der Waals surface area contributed by atoms with Crippen molar-refractivity contribution in [2.24, 2.45) is 10.2 Å². The van der Waals surface area contributed by atoms with Crippen molar-refractivity contribution in [1.29, 1.82) is 0 Å². The molecule has 0 unspecified atom stereocenters. The number of hydrogen-bond acceptors (Lipinski definition) is 7. The lowest BCUT2D eigenvalue weighted by molar-refractivity contribution is 0.102. The Morgan fingerprint density at radius 2 is 1.70 bits per heavy atom. The molecule has 4 aromatic carbocycles. The zero-order valence-electron chi connectivity index (χ0n) is 19.4. The van der Waals surface area contributed by atoms with Crippen molar-refractivity contribution in [1.82, 2.24) is 0 Å². The summed E-state index contributed by atoms with van der Waals surface area (Å²) in [6, 6.07) is 15.4.